The van der Waals surface area contributed by atoms with Crippen LogP contribution >= 0.6 is 0 Å². The molecule has 0 unspecified atom stereocenters. The van der Waals surface area contributed by atoms with Crippen molar-refractivity contribution >= 4 is 17.0 Å². The average molecular weight is 389 g/mol. The highest BCUT2D eigenvalue weighted by Crippen LogP contribution is 2.25. The lowest BCUT2D eigenvalue weighted by molar-refractivity contribution is 0.193. The molecule has 2 aromatic rings. The minimum Gasteiger partial charge on any atom is -0.460 e. The second-order valence-electron chi connectivity index (χ2n) is 8.02. The van der Waals surface area contributed by atoms with Gasteiger partial charge in [0.25, 0.3) is 0 Å². The predicted octanol–water partition coefficient (Wildman–Crippen LogP) is 2.75. The predicted molar refractivity (Wildman–Crippen MR) is 110 cm³/mol. The Morgan fingerprint density at radius 2 is 1.82 bits per heavy atom. The molecule has 8 heteroatoms. The van der Waals surface area contributed by atoms with Crippen molar-refractivity contribution in [2.24, 2.45) is 0 Å². The van der Waals surface area contributed by atoms with Crippen LogP contribution in [-0.2, 0) is 6.54 Å². The smallest absolute Gasteiger partial charge is 0.327 e. The molecule has 0 amide bonds. The number of aromatic amines is 1. The number of unbranched alkanes of at least 4 members (excludes halogenated alkanes) is 1. The minimum atomic E-state index is -0.128. The fraction of sp³-hybridized carbons (Fsp3) is 0.750. The first-order valence-corrected chi connectivity index (χ1v) is 10.8. The maximum Gasteiger partial charge on any atom is 0.327 e. The first-order chi connectivity index (χ1) is 13.7. The Morgan fingerprint density at radius 1 is 1.07 bits per heavy atom. The second kappa shape index (κ2) is 8.94. The largest absolute Gasteiger partial charge is 0.460 e. The van der Waals surface area contributed by atoms with Gasteiger partial charge in [0, 0.05) is 13.6 Å². The molecule has 1 aliphatic heterocycles. The van der Waals surface area contributed by atoms with Crippen LogP contribution in [0.15, 0.2) is 4.79 Å². The molecule has 4 rings (SSSR count). The Bertz CT molecular complexity index is 833. The number of hydrogen-bond donors (Lipinski definition) is 2. The highest BCUT2D eigenvalue weighted by molar-refractivity contribution is 5.83. The number of aromatic nitrogens is 4. The fourth-order valence-electron chi connectivity index (χ4n) is 4.39. The van der Waals surface area contributed by atoms with E-state index in [0.29, 0.717) is 29.5 Å². The summed E-state index contributed by atoms with van der Waals surface area (Å²) in [6.45, 7) is 4.21. The molecule has 0 radical (unpaired) electrons. The number of likely N-dealkylation sites (tertiary alicyclic amines) is 1. The van der Waals surface area contributed by atoms with Crippen molar-refractivity contribution in [3.05, 3.63) is 10.5 Å². The van der Waals surface area contributed by atoms with Gasteiger partial charge in [-0.2, -0.15) is 9.97 Å². The van der Waals surface area contributed by atoms with E-state index in [9.17, 15) is 4.79 Å². The van der Waals surface area contributed by atoms with E-state index in [-0.39, 0.29) is 11.8 Å². The summed E-state index contributed by atoms with van der Waals surface area (Å²) in [6.07, 6.45) is 10.7. The van der Waals surface area contributed by atoms with E-state index in [4.69, 9.17) is 4.74 Å². The van der Waals surface area contributed by atoms with Crippen molar-refractivity contribution in [2.75, 3.05) is 32.0 Å². The van der Waals surface area contributed by atoms with Crippen LogP contribution in [-0.4, -0.2) is 57.2 Å². The van der Waals surface area contributed by atoms with Crippen molar-refractivity contribution in [1.82, 2.24) is 24.4 Å². The lowest BCUT2D eigenvalue weighted by Crippen LogP contribution is -2.30. The zero-order valence-electron chi connectivity index (χ0n) is 16.9. The Balaban J connectivity index is 1.46. The minimum absolute atomic E-state index is 0.128. The zero-order valence-corrected chi connectivity index (χ0v) is 16.9. The summed E-state index contributed by atoms with van der Waals surface area (Å²) in [7, 11) is 1.80. The van der Waals surface area contributed by atoms with Crippen LogP contribution in [0.3, 0.4) is 0 Å². The first kappa shape index (κ1) is 19.2. The van der Waals surface area contributed by atoms with E-state index in [1.165, 1.54) is 45.2 Å². The van der Waals surface area contributed by atoms with Crippen molar-refractivity contribution in [3.63, 3.8) is 0 Å². The number of piperidine rings is 1. The standard InChI is InChI=1S/C20H32N6O2/c1-21-17-16-18(24-19(23-17)28-15-9-3-4-10-15)26(20(27)22-16)14-8-7-13-25-11-5-2-6-12-25/h15H,2-14H2,1H3,(H,22,27)(H,21,23,24). The molecule has 0 aromatic carbocycles. The molecule has 28 heavy (non-hydrogen) atoms. The third kappa shape index (κ3) is 4.32. The summed E-state index contributed by atoms with van der Waals surface area (Å²) in [5.41, 5.74) is 1.16. The van der Waals surface area contributed by atoms with Crippen LogP contribution in [0.1, 0.15) is 57.8 Å². The van der Waals surface area contributed by atoms with Crippen molar-refractivity contribution in [2.45, 2.75) is 70.4 Å². The lowest BCUT2D eigenvalue weighted by atomic mass is 10.1. The molecular weight excluding hydrogens is 356 g/mol. The Hall–Kier alpha value is -2.09. The van der Waals surface area contributed by atoms with E-state index >= 15 is 0 Å². The van der Waals surface area contributed by atoms with Crippen molar-refractivity contribution < 1.29 is 4.74 Å². The molecule has 0 spiro atoms. The number of hydrogen-bond acceptors (Lipinski definition) is 6. The number of aryl methyl sites for hydroxylation is 1. The van der Waals surface area contributed by atoms with Gasteiger partial charge in [0.2, 0.25) is 0 Å². The van der Waals surface area contributed by atoms with E-state index < -0.39 is 0 Å². The Morgan fingerprint density at radius 3 is 2.57 bits per heavy atom. The van der Waals surface area contributed by atoms with Crippen LogP contribution in [0.4, 0.5) is 5.82 Å². The molecule has 154 valence electrons. The lowest BCUT2D eigenvalue weighted by Gasteiger charge is -2.26. The fourth-order valence-corrected chi connectivity index (χ4v) is 4.39. The number of H-pyrrole nitrogens is 1. The first-order valence-electron chi connectivity index (χ1n) is 10.8. The number of imidazole rings is 1. The van der Waals surface area contributed by atoms with Gasteiger partial charge in [0.15, 0.2) is 11.5 Å². The van der Waals surface area contributed by atoms with Crippen LogP contribution in [0.2, 0.25) is 0 Å². The molecular formula is C20H32N6O2. The number of rotatable bonds is 8. The number of anilines is 1. The number of ether oxygens (including phenoxy) is 1. The SMILES string of the molecule is CNc1nc(OC2CCCC2)nc2c1[nH]c(=O)n2CCCCN1CCCCC1. The van der Waals surface area contributed by atoms with Crippen molar-refractivity contribution in [1.29, 1.82) is 0 Å². The number of nitrogens with zero attached hydrogens (tertiary/aromatic N) is 4. The molecule has 2 aromatic heterocycles. The Kier molecular flexibility index (Phi) is 6.14. The van der Waals surface area contributed by atoms with Crippen molar-refractivity contribution in [3.8, 4) is 6.01 Å². The third-order valence-corrected chi connectivity index (χ3v) is 5.97. The van der Waals surface area contributed by atoms with Crippen LogP contribution in [0, 0.1) is 0 Å². The summed E-state index contributed by atoms with van der Waals surface area (Å²) in [5, 5.41) is 3.06. The molecule has 1 aliphatic carbocycles. The van der Waals surface area contributed by atoms with E-state index in [1.54, 1.807) is 11.6 Å². The van der Waals surface area contributed by atoms with Gasteiger partial charge < -0.3 is 19.9 Å². The summed E-state index contributed by atoms with van der Waals surface area (Å²) < 4.78 is 7.73. The average Bonchev–Trinajstić information content (AvgIpc) is 3.33. The monoisotopic (exact) mass is 388 g/mol. The molecule has 3 heterocycles. The normalized spacial score (nSPS) is 18.8. The van der Waals surface area contributed by atoms with Gasteiger partial charge >= 0.3 is 11.7 Å². The molecule has 0 bridgehead atoms. The van der Waals surface area contributed by atoms with Gasteiger partial charge in [-0.05, 0) is 71.0 Å². The molecule has 2 aliphatic rings. The summed E-state index contributed by atoms with van der Waals surface area (Å²) in [4.78, 5) is 27.0. The maximum atomic E-state index is 12.5. The molecule has 1 saturated heterocycles. The van der Waals surface area contributed by atoms with E-state index in [1.807, 2.05) is 0 Å². The van der Waals surface area contributed by atoms with Gasteiger partial charge in [0.1, 0.15) is 11.6 Å². The van der Waals surface area contributed by atoms with Gasteiger partial charge in [-0.1, -0.05) is 6.42 Å². The highest BCUT2D eigenvalue weighted by atomic mass is 16.5. The summed E-state index contributed by atoms with van der Waals surface area (Å²) >= 11 is 0. The van der Waals surface area contributed by atoms with Gasteiger partial charge in [-0.15, -0.1) is 0 Å². The summed E-state index contributed by atoms with van der Waals surface area (Å²) in [5.74, 6) is 0.613. The zero-order chi connectivity index (χ0) is 19.3. The maximum absolute atomic E-state index is 12.5. The second-order valence-corrected chi connectivity index (χ2v) is 8.02. The Labute approximate surface area is 165 Å². The molecule has 1 saturated carbocycles. The quantitative estimate of drug-likeness (QED) is 0.676. The molecule has 0 atom stereocenters. The van der Waals surface area contributed by atoms with E-state index in [2.05, 4.69) is 25.2 Å². The van der Waals surface area contributed by atoms with Gasteiger partial charge in [-0.3, -0.25) is 4.57 Å². The van der Waals surface area contributed by atoms with E-state index in [0.717, 1.165) is 32.2 Å². The van der Waals surface area contributed by atoms with Crippen LogP contribution < -0.4 is 15.7 Å². The molecule has 8 nitrogen and oxygen atoms in total. The summed E-state index contributed by atoms with van der Waals surface area (Å²) in [6, 6.07) is 0.366. The van der Waals surface area contributed by atoms with Crippen LogP contribution in [0.5, 0.6) is 6.01 Å². The third-order valence-electron chi connectivity index (χ3n) is 5.97. The topological polar surface area (TPSA) is 88.1 Å². The van der Waals surface area contributed by atoms with Gasteiger partial charge in [0.05, 0.1) is 0 Å². The number of nitrogens with one attached hydrogen (secondary N) is 2. The molecule has 2 N–H and O–H groups in total. The van der Waals surface area contributed by atoms with Gasteiger partial charge in [-0.25, -0.2) is 4.79 Å². The molecule has 2 fully saturated rings. The number of fused-ring (bicyclic) bond motifs is 1. The van der Waals surface area contributed by atoms with Crippen LogP contribution in [0.25, 0.3) is 11.2 Å². The highest BCUT2D eigenvalue weighted by Gasteiger charge is 2.21.